The number of anilines is 1. The monoisotopic (exact) mass is 458 g/mol. The number of rotatable bonds is 8. The quantitative estimate of drug-likeness (QED) is 0.395. The van der Waals surface area contributed by atoms with Crippen molar-refractivity contribution in [3.63, 3.8) is 0 Å². The van der Waals surface area contributed by atoms with Crippen LogP contribution in [0.5, 0.6) is 0 Å². The van der Waals surface area contributed by atoms with E-state index in [2.05, 4.69) is 15.5 Å². The molecule has 3 N–H and O–H groups in total. The molecule has 8 nitrogen and oxygen atoms in total. The Hall–Kier alpha value is -3.04. The zero-order valence-corrected chi connectivity index (χ0v) is 18.8. The van der Waals surface area contributed by atoms with E-state index in [1.165, 1.54) is 16.4 Å². The molecule has 0 unspecified atom stereocenters. The van der Waals surface area contributed by atoms with Crippen LogP contribution < -0.4 is 11.2 Å². The van der Waals surface area contributed by atoms with E-state index in [1.807, 2.05) is 13.8 Å². The molecular weight excluding hydrogens is 436 g/mol. The highest BCUT2D eigenvalue weighted by molar-refractivity contribution is 7.99. The van der Waals surface area contributed by atoms with Crippen molar-refractivity contribution in [2.75, 3.05) is 30.0 Å². The first-order valence-corrected chi connectivity index (χ1v) is 11.1. The highest BCUT2D eigenvalue weighted by Crippen LogP contribution is 2.23. The van der Waals surface area contributed by atoms with E-state index < -0.39 is 0 Å². The van der Waals surface area contributed by atoms with Gasteiger partial charge in [-0.25, -0.2) is 4.68 Å². The van der Waals surface area contributed by atoms with Crippen LogP contribution in [0, 0.1) is 0 Å². The summed E-state index contributed by atoms with van der Waals surface area (Å²) in [5.41, 5.74) is 1.97. The summed E-state index contributed by atoms with van der Waals surface area (Å²) in [5, 5.41) is 12.0. The number of aromatic nitrogens is 3. The molecule has 1 heterocycles. The number of nitrogens with zero attached hydrogens (tertiary/aromatic N) is 4. The minimum atomic E-state index is -0.219. The van der Waals surface area contributed by atoms with E-state index in [9.17, 15) is 9.59 Å². The Labute approximate surface area is 189 Å². The number of nitrogens with two attached hydrogens (primary N) is 1. The standard InChI is InChI=1S/C21H23ClN6O2S/c1-3-27(4-2)20(30)15-7-11-17(12-8-15)24-18(29)13-31-21-26-25-19(28(21)23)14-5-9-16(22)10-6-14/h5-12H,3-4,13,23H2,1-2H3,(H,24,29). The fourth-order valence-electron chi connectivity index (χ4n) is 2.89. The summed E-state index contributed by atoms with van der Waals surface area (Å²) in [6.45, 7) is 5.18. The van der Waals surface area contributed by atoms with Crippen LogP contribution in [0.15, 0.2) is 53.7 Å². The average molecular weight is 459 g/mol. The number of nitrogen functional groups attached to an aromatic ring is 1. The van der Waals surface area contributed by atoms with Crippen molar-refractivity contribution in [1.82, 2.24) is 19.8 Å². The Kier molecular flexibility index (Phi) is 7.54. The van der Waals surface area contributed by atoms with Crippen LogP contribution in [-0.2, 0) is 4.79 Å². The van der Waals surface area contributed by atoms with Crippen LogP contribution in [0.25, 0.3) is 11.4 Å². The van der Waals surface area contributed by atoms with Gasteiger partial charge in [-0.15, -0.1) is 10.2 Å². The maximum absolute atomic E-state index is 12.4. The molecule has 0 saturated heterocycles. The number of thioether (sulfide) groups is 1. The molecule has 0 spiro atoms. The summed E-state index contributed by atoms with van der Waals surface area (Å²) >= 11 is 7.08. The van der Waals surface area contributed by atoms with E-state index in [0.29, 0.717) is 40.3 Å². The van der Waals surface area contributed by atoms with E-state index in [0.717, 1.165) is 5.56 Å². The van der Waals surface area contributed by atoms with Gasteiger partial charge < -0.3 is 16.1 Å². The molecule has 10 heteroatoms. The molecule has 31 heavy (non-hydrogen) atoms. The van der Waals surface area contributed by atoms with Gasteiger partial charge in [-0.2, -0.15) is 0 Å². The van der Waals surface area contributed by atoms with E-state index in [4.69, 9.17) is 17.4 Å². The second-order valence-electron chi connectivity index (χ2n) is 6.57. The molecule has 0 atom stereocenters. The van der Waals surface area contributed by atoms with Crippen molar-refractivity contribution < 1.29 is 9.59 Å². The van der Waals surface area contributed by atoms with Gasteiger partial charge in [0.1, 0.15) is 0 Å². The lowest BCUT2D eigenvalue weighted by Gasteiger charge is -2.18. The second kappa shape index (κ2) is 10.3. The molecule has 2 amide bonds. The van der Waals surface area contributed by atoms with Crippen LogP contribution in [0.1, 0.15) is 24.2 Å². The summed E-state index contributed by atoms with van der Waals surface area (Å²) in [4.78, 5) is 26.4. The Bertz CT molecular complexity index is 1050. The van der Waals surface area contributed by atoms with Gasteiger partial charge in [0.25, 0.3) is 5.91 Å². The van der Waals surface area contributed by atoms with Crippen molar-refractivity contribution in [1.29, 1.82) is 0 Å². The van der Waals surface area contributed by atoms with Gasteiger partial charge in [0.2, 0.25) is 11.1 Å². The normalized spacial score (nSPS) is 10.7. The highest BCUT2D eigenvalue weighted by Gasteiger charge is 2.15. The summed E-state index contributed by atoms with van der Waals surface area (Å²) < 4.78 is 1.34. The predicted molar refractivity (Wildman–Crippen MR) is 124 cm³/mol. The van der Waals surface area contributed by atoms with Gasteiger partial charge in [-0.3, -0.25) is 9.59 Å². The zero-order chi connectivity index (χ0) is 22.4. The lowest BCUT2D eigenvalue weighted by molar-refractivity contribution is -0.113. The molecular formula is C21H23ClN6O2S. The summed E-state index contributed by atoms with van der Waals surface area (Å²) in [6.07, 6.45) is 0. The summed E-state index contributed by atoms with van der Waals surface area (Å²) in [5.74, 6) is 6.41. The summed E-state index contributed by atoms with van der Waals surface area (Å²) in [7, 11) is 0. The van der Waals surface area contributed by atoms with Gasteiger partial charge >= 0.3 is 0 Å². The predicted octanol–water partition coefficient (Wildman–Crippen LogP) is 3.53. The van der Waals surface area contributed by atoms with Crippen molar-refractivity contribution in [2.45, 2.75) is 19.0 Å². The average Bonchev–Trinajstić information content (AvgIpc) is 3.14. The number of hydrogen-bond donors (Lipinski definition) is 2. The maximum Gasteiger partial charge on any atom is 0.253 e. The lowest BCUT2D eigenvalue weighted by Crippen LogP contribution is -2.30. The first-order chi connectivity index (χ1) is 14.9. The minimum absolute atomic E-state index is 0.0304. The van der Waals surface area contributed by atoms with Gasteiger partial charge in [0, 0.05) is 34.9 Å². The van der Waals surface area contributed by atoms with Gasteiger partial charge in [-0.1, -0.05) is 23.4 Å². The molecule has 0 aliphatic carbocycles. The van der Waals surface area contributed by atoms with Gasteiger partial charge in [0.15, 0.2) is 5.82 Å². The number of amides is 2. The molecule has 3 rings (SSSR count). The second-order valence-corrected chi connectivity index (χ2v) is 7.95. The molecule has 2 aromatic carbocycles. The summed E-state index contributed by atoms with van der Waals surface area (Å²) in [6, 6.07) is 13.9. The number of carbonyl (C=O) groups excluding carboxylic acids is 2. The Morgan fingerprint density at radius 1 is 1.06 bits per heavy atom. The largest absolute Gasteiger partial charge is 0.339 e. The smallest absolute Gasteiger partial charge is 0.253 e. The van der Waals surface area contributed by atoms with Crippen molar-refractivity contribution in [3.05, 3.63) is 59.1 Å². The molecule has 1 aromatic heterocycles. The SMILES string of the molecule is CCN(CC)C(=O)c1ccc(NC(=O)CSc2nnc(-c3ccc(Cl)cc3)n2N)cc1. The minimum Gasteiger partial charge on any atom is -0.339 e. The molecule has 0 saturated carbocycles. The third-order valence-corrected chi connectivity index (χ3v) is 5.76. The number of carbonyl (C=O) groups is 2. The topological polar surface area (TPSA) is 106 Å². The third-order valence-electron chi connectivity index (χ3n) is 4.57. The molecule has 0 aliphatic rings. The zero-order valence-electron chi connectivity index (χ0n) is 17.2. The Morgan fingerprint density at radius 2 is 1.71 bits per heavy atom. The van der Waals surface area contributed by atoms with Crippen LogP contribution in [0.4, 0.5) is 5.69 Å². The van der Waals surface area contributed by atoms with Crippen LogP contribution >= 0.6 is 23.4 Å². The fraction of sp³-hybridized carbons (Fsp3) is 0.238. The van der Waals surface area contributed by atoms with Crippen molar-refractivity contribution in [2.24, 2.45) is 0 Å². The molecule has 162 valence electrons. The van der Waals surface area contributed by atoms with E-state index in [-0.39, 0.29) is 17.6 Å². The first kappa shape index (κ1) is 22.6. The highest BCUT2D eigenvalue weighted by atomic mass is 35.5. The molecule has 0 bridgehead atoms. The first-order valence-electron chi connectivity index (χ1n) is 9.71. The van der Waals surface area contributed by atoms with Crippen molar-refractivity contribution >= 4 is 40.9 Å². The Balaban J connectivity index is 1.57. The fourth-order valence-corrected chi connectivity index (χ4v) is 3.67. The van der Waals surface area contributed by atoms with E-state index in [1.54, 1.807) is 53.4 Å². The van der Waals surface area contributed by atoms with Crippen molar-refractivity contribution in [3.8, 4) is 11.4 Å². The third kappa shape index (κ3) is 5.56. The molecule has 0 radical (unpaired) electrons. The van der Waals surface area contributed by atoms with Crippen LogP contribution in [-0.4, -0.2) is 50.4 Å². The number of benzene rings is 2. The number of halogens is 1. The molecule has 0 fully saturated rings. The maximum atomic E-state index is 12.4. The molecule has 3 aromatic rings. The number of hydrogen-bond acceptors (Lipinski definition) is 6. The molecule has 0 aliphatic heterocycles. The van der Waals surface area contributed by atoms with Crippen LogP contribution in [0.2, 0.25) is 5.02 Å². The number of nitrogens with one attached hydrogen (secondary N) is 1. The van der Waals surface area contributed by atoms with E-state index >= 15 is 0 Å². The Morgan fingerprint density at radius 3 is 2.32 bits per heavy atom. The lowest BCUT2D eigenvalue weighted by atomic mass is 10.2. The van der Waals surface area contributed by atoms with Gasteiger partial charge in [-0.05, 0) is 62.4 Å². The van der Waals surface area contributed by atoms with Gasteiger partial charge in [0.05, 0.1) is 5.75 Å². The van der Waals surface area contributed by atoms with Crippen LogP contribution in [0.3, 0.4) is 0 Å².